The minimum absolute atomic E-state index is 0.232. The summed E-state index contributed by atoms with van der Waals surface area (Å²) in [5, 5.41) is 2.69. The number of benzene rings is 3. The first-order valence-corrected chi connectivity index (χ1v) is 14.1. The van der Waals surface area contributed by atoms with E-state index in [1.807, 2.05) is 12.1 Å². The van der Waals surface area contributed by atoms with Gasteiger partial charge in [-0.15, -0.1) is 0 Å². The van der Waals surface area contributed by atoms with Crippen LogP contribution in [0.15, 0.2) is 88.7 Å². The average molecular weight is 574 g/mol. The number of hydrogen-bond donors (Lipinski definition) is 2. The molecule has 0 radical (unpaired) electrons. The summed E-state index contributed by atoms with van der Waals surface area (Å²) in [7, 11) is 1.57. The molecule has 0 bridgehead atoms. The predicted octanol–water partition coefficient (Wildman–Crippen LogP) is 4.26. The van der Waals surface area contributed by atoms with E-state index in [0.29, 0.717) is 32.8 Å². The Morgan fingerprint density at radius 2 is 1.73 bits per heavy atom. The van der Waals surface area contributed by atoms with Crippen LogP contribution in [0, 0.1) is 5.92 Å². The van der Waals surface area contributed by atoms with Crippen molar-refractivity contribution in [2.45, 2.75) is 16.2 Å². The fourth-order valence-corrected chi connectivity index (χ4v) is 7.54. The molecule has 3 aromatic carbocycles. The lowest BCUT2D eigenvalue weighted by Gasteiger charge is -2.30. The van der Waals surface area contributed by atoms with Gasteiger partial charge in [-0.2, -0.15) is 0 Å². The van der Waals surface area contributed by atoms with Crippen LogP contribution < -0.4 is 24.6 Å². The number of nitrogens with one attached hydrogen (secondary N) is 2. The quantitative estimate of drug-likeness (QED) is 0.317. The Morgan fingerprint density at radius 1 is 0.950 bits per heavy atom. The zero-order chi connectivity index (χ0) is 27.8. The maximum absolute atomic E-state index is 13.8. The Morgan fingerprint density at radius 3 is 2.48 bits per heavy atom. The Balaban J connectivity index is 1.26. The van der Waals surface area contributed by atoms with E-state index in [-0.39, 0.29) is 29.2 Å². The van der Waals surface area contributed by atoms with E-state index in [1.165, 1.54) is 16.7 Å². The van der Waals surface area contributed by atoms with Crippen molar-refractivity contribution in [2.24, 2.45) is 5.92 Å². The molecule has 2 N–H and O–H groups in total. The minimum atomic E-state index is -0.703. The van der Waals surface area contributed by atoms with Gasteiger partial charge in [0.1, 0.15) is 16.7 Å². The Kier molecular flexibility index (Phi) is 6.91. The number of amides is 3. The molecule has 9 nitrogen and oxygen atoms in total. The Hall–Kier alpha value is -4.35. The fraction of sp³-hybridized carbons (Fsp3) is 0.172. The van der Waals surface area contributed by atoms with Gasteiger partial charge in [-0.3, -0.25) is 19.2 Å². The molecule has 2 aliphatic rings. The predicted molar refractivity (Wildman–Crippen MR) is 152 cm³/mol. The number of fused-ring (bicyclic) bond motifs is 2. The summed E-state index contributed by atoms with van der Waals surface area (Å²) in [5.41, 5.74) is 1.84. The third kappa shape index (κ3) is 4.78. The van der Waals surface area contributed by atoms with Gasteiger partial charge in [-0.05, 0) is 54.1 Å². The van der Waals surface area contributed by atoms with Crippen molar-refractivity contribution in [2.75, 3.05) is 23.9 Å². The lowest BCUT2D eigenvalue weighted by atomic mass is 9.83. The third-order valence-corrected chi connectivity index (χ3v) is 9.20. The number of aromatic nitrogens is 1. The number of carbonyl (C=O) groups is 3. The molecule has 40 heavy (non-hydrogen) atoms. The highest BCUT2D eigenvalue weighted by Crippen LogP contribution is 2.53. The highest BCUT2D eigenvalue weighted by atomic mass is 32.2. The fourth-order valence-electron chi connectivity index (χ4n) is 5.03. The molecule has 0 saturated carbocycles. The van der Waals surface area contributed by atoms with Crippen LogP contribution in [0.4, 0.5) is 11.4 Å². The highest BCUT2D eigenvalue weighted by molar-refractivity contribution is 8.00. The summed E-state index contributed by atoms with van der Waals surface area (Å²) < 4.78 is 10.9. The van der Waals surface area contributed by atoms with Crippen LogP contribution in [0.25, 0.3) is 0 Å². The number of nitrogens with zero attached hydrogens (tertiary/aromatic N) is 1. The van der Waals surface area contributed by atoms with E-state index in [1.54, 1.807) is 73.8 Å². The molecule has 4 aromatic rings. The molecule has 2 aliphatic heterocycles. The zero-order valence-electron chi connectivity index (χ0n) is 21.2. The number of rotatable bonds is 7. The average Bonchev–Trinajstić information content (AvgIpc) is 3.46. The van der Waals surface area contributed by atoms with Gasteiger partial charge in [0.15, 0.2) is 6.61 Å². The van der Waals surface area contributed by atoms with Crippen molar-refractivity contribution in [3.05, 3.63) is 99.0 Å². The van der Waals surface area contributed by atoms with Gasteiger partial charge in [0.25, 0.3) is 5.91 Å². The maximum atomic E-state index is 13.8. The number of hydrogen-bond acceptors (Lipinski definition) is 8. The first-order valence-electron chi connectivity index (χ1n) is 12.4. The SMILES string of the molecule is COc1ccc(NC(=O)COc2cccc([C@H]3c4sc(=O)[nH]c4SC4C(=O)N(c5ccccc5)C(=O)C43)c2)cc1. The second kappa shape index (κ2) is 10.7. The van der Waals surface area contributed by atoms with Crippen LogP contribution >= 0.6 is 23.1 Å². The zero-order valence-corrected chi connectivity index (χ0v) is 22.8. The number of para-hydroxylation sites is 1. The summed E-state index contributed by atoms with van der Waals surface area (Å²) in [6.07, 6.45) is 0. The van der Waals surface area contributed by atoms with Gasteiger partial charge in [0, 0.05) is 16.5 Å². The van der Waals surface area contributed by atoms with E-state index in [0.717, 1.165) is 16.9 Å². The van der Waals surface area contributed by atoms with Crippen molar-refractivity contribution in [1.29, 1.82) is 0 Å². The van der Waals surface area contributed by atoms with Crippen molar-refractivity contribution in [3.8, 4) is 11.5 Å². The molecule has 3 heterocycles. The van der Waals surface area contributed by atoms with Crippen LogP contribution in [-0.4, -0.2) is 41.7 Å². The van der Waals surface area contributed by atoms with Gasteiger partial charge in [-0.1, -0.05) is 53.4 Å². The molecule has 1 saturated heterocycles. The minimum Gasteiger partial charge on any atom is -0.497 e. The summed E-state index contributed by atoms with van der Waals surface area (Å²) in [5.74, 6) is -1.09. The second-order valence-corrected chi connectivity index (χ2v) is 11.4. The van der Waals surface area contributed by atoms with Crippen molar-refractivity contribution in [3.63, 3.8) is 0 Å². The van der Waals surface area contributed by atoms with E-state index in [2.05, 4.69) is 10.3 Å². The Bertz CT molecular complexity index is 1650. The molecule has 202 valence electrons. The molecule has 6 rings (SSSR count). The summed E-state index contributed by atoms with van der Waals surface area (Å²) in [4.78, 5) is 56.6. The second-order valence-electron chi connectivity index (χ2n) is 9.24. The third-order valence-electron chi connectivity index (χ3n) is 6.80. The molecular weight excluding hydrogens is 550 g/mol. The number of thiazole rings is 1. The van der Waals surface area contributed by atoms with Gasteiger partial charge in [-0.25, -0.2) is 4.90 Å². The maximum Gasteiger partial charge on any atom is 0.305 e. The number of imide groups is 1. The first kappa shape index (κ1) is 25.9. The molecule has 0 spiro atoms. The smallest absolute Gasteiger partial charge is 0.305 e. The molecule has 1 fully saturated rings. The molecule has 11 heteroatoms. The number of thioether (sulfide) groups is 1. The van der Waals surface area contributed by atoms with Crippen LogP contribution in [0.2, 0.25) is 0 Å². The number of carbonyl (C=O) groups excluding carboxylic acids is 3. The van der Waals surface area contributed by atoms with E-state index >= 15 is 0 Å². The number of H-pyrrole nitrogens is 1. The van der Waals surface area contributed by atoms with E-state index in [9.17, 15) is 19.2 Å². The molecule has 1 aromatic heterocycles. The largest absolute Gasteiger partial charge is 0.497 e. The van der Waals surface area contributed by atoms with Gasteiger partial charge in [0.2, 0.25) is 11.8 Å². The lowest BCUT2D eigenvalue weighted by molar-refractivity contribution is -0.122. The van der Waals surface area contributed by atoms with Crippen LogP contribution in [-0.2, 0) is 14.4 Å². The number of methoxy groups -OCH3 is 1. The standard InChI is InChI=1S/C29H23N3O6S2/c1-37-19-12-10-17(11-13-19)30-21(33)15-38-20-9-5-6-16(14-20)22-23-25(39-26-24(22)40-29(36)31-26)28(35)32(27(23)34)18-7-3-2-4-8-18/h2-14,22-23,25H,15H2,1H3,(H,30,33)(H,31,36)/t22-,23?,25?/m1/s1. The summed E-state index contributed by atoms with van der Waals surface area (Å²) >= 11 is 2.27. The normalized spacial score (nSPS) is 19.6. The summed E-state index contributed by atoms with van der Waals surface area (Å²) in [6, 6.07) is 22.9. The van der Waals surface area contributed by atoms with Gasteiger partial charge >= 0.3 is 4.87 Å². The number of aromatic amines is 1. The lowest BCUT2D eigenvalue weighted by Crippen LogP contribution is -2.32. The highest BCUT2D eigenvalue weighted by Gasteiger charge is 2.56. The molecule has 0 aliphatic carbocycles. The van der Waals surface area contributed by atoms with Crippen molar-refractivity contribution >= 4 is 52.2 Å². The monoisotopic (exact) mass is 573 g/mol. The Labute approximate surface area is 237 Å². The number of anilines is 2. The summed E-state index contributed by atoms with van der Waals surface area (Å²) in [6.45, 7) is -0.232. The molecule has 3 atom stereocenters. The van der Waals surface area contributed by atoms with Gasteiger partial charge < -0.3 is 19.8 Å². The van der Waals surface area contributed by atoms with Crippen LogP contribution in [0.3, 0.4) is 0 Å². The van der Waals surface area contributed by atoms with Crippen molar-refractivity contribution in [1.82, 2.24) is 4.98 Å². The van der Waals surface area contributed by atoms with E-state index in [4.69, 9.17) is 9.47 Å². The van der Waals surface area contributed by atoms with E-state index < -0.39 is 17.1 Å². The van der Waals surface area contributed by atoms with Crippen LogP contribution in [0.1, 0.15) is 16.4 Å². The molecule has 3 amide bonds. The van der Waals surface area contributed by atoms with Gasteiger partial charge in [0.05, 0.1) is 23.7 Å². The molecule has 2 unspecified atom stereocenters. The van der Waals surface area contributed by atoms with Crippen LogP contribution in [0.5, 0.6) is 11.5 Å². The van der Waals surface area contributed by atoms with Crippen molar-refractivity contribution < 1.29 is 23.9 Å². The number of ether oxygens (including phenoxy) is 2. The molecular formula is C29H23N3O6S2. The first-order chi connectivity index (χ1) is 19.4. The topological polar surface area (TPSA) is 118 Å².